The molecule has 0 aliphatic carbocycles. The number of carbonyl (C=O) groups excluding carboxylic acids is 1. The minimum absolute atomic E-state index is 0.0570. The van der Waals surface area contributed by atoms with Crippen LogP contribution in [0.1, 0.15) is 20.3 Å². The average Bonchev–Trinajstić information content (AvgIpc) is 2.03. The molecule has 0 aliphatic heterocycles. The lowest BCUT2D eigenvalue weighted by atomic mass is 10.2. The lowest BCUT2D eigenvalue weighted by molar-refractivity contribution is -0.119. The van der Waals surface area contributed by atoms with Gasteiger partial charge in [0.05, 0.1) is 6.04 Å². The number of carbonyl (C=O) groups is 1. The molecule has 1 amide bonds. The Morgan fingerprint density at radius 1 is 1.54 bits per heavy atom. The first-order chi connectivity index (χ1) is 5.97. The molecule has 0 aromatic heterocycles. The van der Waals surface area contributed by atoms with E-state index in [1.165, 1.54) is 0 Å². The van der Waals surface area contributed by atoms with Crippen molar-refractivity contribution in [3.63, 3.8) is 0 Å². The average molecular weight is 188 g/mol. The third-order valence-corrected chi connectivity index (χ3v) is 1.61. The SMILES string of the molecule is CC(CC(N)=NO)NC(C)C(N)=O. The van der Waals surface area contributed by atoms with Gasteiger partial charge in [-0.1, -0.05) is 5.16 Å². The Bertz CT molecular complexity index is 205. The first-order valence-corrected chi connectivity index (χ1v) is 3.99. The van der Waals surface area contributed by atoms with Crippen molar-refractivity contribution in [3.05, 3.63) is 0 Å². The van der Waals surface area contributed by atoms with E-state index in [1.807, 2.05) is 6.92 Å². The third-order valence-electron chi connectivity index (χ3n) is 1.61. The van der Waals surface area contributed by atoms with Crippen LogP contribution in [-0.4, -0.2) is 29.0 Å². The predicted octanol–water partition coefficient (Wildman–Crippen LogP) is -1.03. The second-order valence-corrected chi connectivity index (χ2v) is 2.99. The Kier molecular flexibility index (Phi) is 4.83. The Morgan fingerprint density at radius 2 is 2.08 bits per heavy atom. The van der Waals surface area contributed by atoms with Crippen molar-refractivity contribution in [3.8, 4) is 0 Å². The highest BCUT2D eigenvalue weighted by Gasteiger charge is 2.12. The van der Waals surface area contributed by atoms with Gasteiger partial charge in [-0.3, -0.25) is 4.79 Å². The van der Waals surface area contributed by atoms with Gasteiger partial charge in [-0.05, 0) is 13.8 Å². The zero-order valence-electron chi connectivity index (χ0n) is 7.82. The monoisotopic (exact) mass is 188 g/mol. The Morgan fingerprint density at radius 3 is 2.46 bits per heavy atom. The summed E-state index contributed by atoms with van der Waals surface area (Å²) in [4.78, 5) is 10.6. The summed E-state index contributed by atoms with van der Waals surface area (Å²) < 4.78 is 0. The molecule has 0 radical (unpaired) electrons. The van der Waals surface area contributed by atoms with Gasteiger partial charge in [-0.25, -0.2) is 0 Å². The molecular weight excluding hydrogens is 172 g/mol. The number of amides is 1. The Labute approximate surface area is 77.0 Å². The molecule has 0 saturated carbocycles. The number of hydrogen-bond donors (Lipinski definition) is 4. The standard InChI is InChI=1S/C7H16N4O2/c1-4(3-6(8)11-13)10-5(2)7(9)12/h4-5,10,13H,3H2,1-2H3,(H2,8,11)(H2,9,12). The lowest BCUT2D eigenvalue weighted by Crippen LogP contribution is -2.44. The van der Waals surface area contributed by atoms with E-state index in [0.29, 0.717) is 6.42 Å². The lowest BCUT2D eigenvalue weighted by Gasteiger charge is -2.16. The van der Waals surface area contributed by atoms with Gasteiger partial charge in [0.2, 0.25) is 5.91 Å². The zero-order chi connectivity index (χ0) is 10.4. The Balaban J connectivity index is 3.87. The first kappa shape index (κ1) is 11.7. The second-order valence-electron chi connectivity index (χ2n) is 2.99. The van der Waals surface area contributed by atoms with Crippen molar-refractivity contribution in [2.24, 2.45) is 16.6 Å². The van der Waals surface area contributed by atoms with Crippen LogP contribution in [0.2, 0.25) is 0 Å². The van der Waals surface area contributed by atoms with Crippen LogP contribution >= 0.6 is 0 Å². The van der Waals surface area contributed by atoms with Gasteiger partial charge >= 0.3 is 0 Å². The minimum Gasteiger partial charge on any atom is -0.409 e. The molecule has 6 N–H and O–H groups in total. The van der Waals surface area contributed by atoms with Gasteiger partial charge < -0.3 is 22.0 Å². The van der Waals surface area contributed by atoms with E-state index in [2.05, 4.69) is 10.5 Å². The number of amidine groups is 1. The van der Waals surface area contributed by atoms with E-state index < -0.39 is 11.9 Å². The molecule has 13 heavy (non-hydrogen) atoms. The number of hydrogen-bond acceptors (Lipinski definition) is 4. The van der Waals surface area contributed by atoms with Gasteiger partial charge in [0.25, 0.3) is 0 Å². The summed E-state index contributed by atoms with van der Waals surface area (Å²) in [5, 5.41) is 14.0. The predicted molar refractivity (Wildman–Crippen MR) is 49.3 cm³/mol. The summed E-state index contributed by atoms with van der Waals surface area (Å²) in [6, 6.07) is -0.472. The maximum Gasteiger partial charge on any atom is 0.234 e. The normalized spacial score (nSPS) is 16.6. The molecule has 0 heterocycles. The molecule has 0 fully saturated rings. The van der Waals surface area contributed by atoms with Gasteiger partial charge in [-0.2, -0.15) is 0 Å². The fraction of sp³-hybridized carbons (Fsp3) is 0.714. The van der Waals surface area contributed by atoms with E-state index in [0.717, 1.165) is 0 Å². The van der Waals surface area contributed by atoms with Crippen LogP contribution in [0.4, 0.5) is 0 Å². The van der Waals surface area contributed by atoms with E-state index in [-0.39, 0.29) is 11.9 Å². The largest absolute Gasteiger partial charge is 0.409 e. The molecule has 6 nitrogen and oxygen atoms in total. The minimum atomic E-state index is -0.425. The highest BCUT2D eigenvalue weighted by Crippen LogP contribution is 1.92. The number of nitrogens with one attached hydrogen (secondary N) is 1. The van der Waals surface area contributed by atoms with Crippen LogP contribution in [-0.2, 0) is 4.79 Å². The molecule has 0 aromatic carbocycles. The van der Waals surface area contributed by atoms with Gasteiger partial charge in [0.15, 0.2) is 0 Å². The number of nitrogens with zero attached hydrogens (tertiary/aromatic N) is 1. The van der Waals surface area contributed by atoms with Gasteiger partial charge in [0, 0.05) is 12.5 Å². The molecule has 0 bridgehead atoms. The molecule has 0 spiro atoms. The van der Waals surface area contributed by atoms with Crippen LogP contribution < -0.4 is 16.8 Å². The number of nitrogens with two attached hydrogens (primary N) is 2. The topological polar surface area (TPSA) is 114 Å². The highest BCUT2D eigenvalue weighted by molar-refractivity contribution is 5.81. The molecule has 0 aromatic rings. The summed E-state index contributed by atoms with van der Waals surface area (Å²) in [5.41, 5.74) is 10.3. The second kappa shape index (κ2) is 5.36. The van der Waals surface area contributed by atoms with Gasteiger partial charge in [-0.15, -0.1) is 0 Å². The van der Waals surface area contributed by atoms with Crippen molar-refractivity contribution in [1.29, 1.82) is 0 Å². The van der Waals surface area contributed by atoms with Crippen LogP contribution in [0.3, 0.4) is 0 Å². The fourth-order valence-electron chi connectivity index (χ4n) is 0.922. The number of primary amides is 1. The maximum atomic E-state index is 10.6. The number of rotatable bonds is 5. The van der Waals surface area contributed by atoms with E-state index in [4.69, 9.17) is 16.7 Å². The van der Waals surface area contributed by atoms with Crippen molar-refractivity contribution in [2.75, 3.05) is 0 Å². The third kappa shape index (κ3) is 5.02. The summed E-state index contributed by atoms with van der Waals surface area (Å²) in [5.74, 6) is -0.303. The molecule has 2 atom stereocenters. The molecular formula is C7H16N4O2. The van der Waals surface area contributed by atoms with Crippen LogP contribution in [0.25, 0.3) is 0 Å². The zero-order valence-corrected chi connectivity index (χ0v) is 7.82. The first-order valence-electron chi connectivity index (χ1n) is 3.99. The maximum absolute atomic E-state index is 10.6. The molecule has 2 unspecified atom stereocenters. The molecule has 6 heteroatoms. The molecule has 0 rings (SSSR count). The number of oxime groups is 1. The van der Waals surface area contributed by atoms with Crippen molar-refractivity contribution in [1.82, 2.24) is 5.32 Å². The Hall–Kier alpha value is -1.30. The quantitative estimate of drug-likeness (QED) is 0.191. The molecule has 76 valence electrons. The molecule has 0 aliphatic rings. The van der Waals surface area contributed by atoms with Crippen molar-refractivity contribution < 1.29 is 10.0 Å². The van der Waals surface area contributed by atoms with Crippen LogP contribution in [0, 0.1) is 0 Å². The summed E-state index contributed by atoms with van der Waals surface area (Å²) in [7, 11) is 0. The van der Waals surface area contributed by atoms with E-state index in [1.54, 1.807) is 6.92 Å². The van der Waals surface area contributed by atoms with E-state index in [9.17, 15) is 4.79 Å². The fourth-order valence-corrected chi connectivity index (χ4v) is 0.922. The summed E-state index contributed by atoms with van der Waals surface area (Å²) >= 11 is 0. The van der Waals surface area contributed by atoms with Gasteiger partial charge in [0.1, 0.15) is 5.84 Å². The van der Waals surface area contributed by atoms with Crippen LogP contribution in [0.5, 0.6) is 0 Å². The smallest absolute Gasteiger partial charge is 0.234 e. The van der Waals surface area contributed by atoms with Crippen molar-refractivity contribution in [2.45, 2.75) is 32.4 Å². The van der Waals surface area contributed by atoms with Crippen LogP contribution in [0.15, 0.2) is 5.16 Å². The summed E-state index contributed by atoms with van der Waals surface area (Å²) in [6.07, 6.45) is 0.369. The highest BCUT2D eigenvalue weighted by atomic mass is 16.4. The summed E-state index contributed by atoms with van der Waals surface area (Å²) in [6.45, 7) is 3.47. The molecule has 0 saturated heterocycles. The van der Waals surface area contributed by atoms with Crippen molar-refractivity contribution >= 4 is 11.7 Å². The van der Waals surface area contributed by atoms with E-state index >= 15 is 0 Å².